The Hall–Kier alpha value is -1.03. The van der Waals surface area contributed by atoms with E-state index in [0.717, 1.165) is 31.9 Å². The molecule has 2 N–H and O–H groups in total. The van der Waals surface area contributed by atoms with E-state index in [1.807, 2.05) is 11.3 Å². The van der Waals surface area contributed by atoms with Crippen molar-refractivity contribution in [1.29, 1.82) is 0 Å². The van der Waals surface area contributed by atoms with Crippen LogP contribution in [0.25, 0.3) is 0 Å². The fourth-order valence-corrected chi connectivity index (χ4v) is 2.39. The highest BCUT2D eigenvalue weighted by Crippen LogP contribution is 2.17. The van der Waals surface area contributed by atoms with E-state index in [9.17, 15) is 0 Å². The molecule has 0 bridgehead atoms. The summed E-state index contributed by atoms with van der Waals surface area (Å²) in [5, 5.41) is 6.68. The van der Waals surface area contributed by atoms with Crippen molar-refractivity contribution in [3.8, 4) is 0 Å². The van der Waals surface area contributed by atoms with E-state index in [0.29, 0.717) is 6.04 Å². The van der Waals surface area contributed by atoms with Crippen LogP contribution in [0.2, 0.25) is 0 Å². The van der Waals surface area contributed by atoms with Gasteiger partial charge in [0, 0.05) is 22.3 Å². The molecule has 18 heavy (non-hydrogen) atoms. The predicted molar refractivity (Wildman–Crippen MR) is 81.4 cm³/mol. The van der Waals surface area contributed by atoms with Gasteiger partial charge in [-0.05, 0) is 38.8 Å². The minimum atomic E-state index is 0.456. The van der Waals surface area contributed by atoms with Gasteiger partial charge < -0.3 is 10.6 Å². The Morgan fingerprint density at radius 1 is 1.28 bits per heavy atom. The van der Waals surface area contributed by atoms with Gasteiger partial charge in [-0.25, -0.2) is 4.99 Å². The lowest BCUT2D eigenvalue weighted by Crippen LogP contribution is -2.41. The van der Waals surface area contributed by atoms with Gasteiger partial charge in [0.1, 0.15) is 0 Å². The Morgan fingerprint density at radius 2 is 2.00 bits per heavy atom. The van der Waals surface area contributed by atoms with Crippen LogP contribution in [-0.4, -0.2) is 18.5 Å². The zero-order valence-electron chi connectivity index (χ0n) is 11.9. The minimum absolute atomic E-state index is 0.456. The van der Waals surface area contributed by atoms with E-state index in [1.165, 1.54) is 9.75 Å². The third-order valence-corrected chi connectivity index (χ3v) is 4.01. The normalized spacial score (nSPS) is 13.4. The number of hydrogen-bond acceptors (Lipinski definition) is 2. The first kappa shape index (κ1) is 15.0. The Bertz CT molecular complexity index is 371. The van der Waals surface area contributed by atoms with E-state index >= 15 is 0 Å². The predicted octanol–water partition coefficient (Wildman–Crippen LogP) is 3.16. The number of guanidine groups is 1. The van der Waals surface area contributed by atoms with E-state index in [-0.39, 0.29) is 0 Å². The molecule has 0 aliphatic carbocycles. The second-order valence-corrected chi connectivity index (χ2v) is 5.62. The Balaban J connectivity index is 2.58. The van der Waals surface area contributed by atoms with Gasteiger partial charge in [-0.1, -0.05) is 13.8 Å². The van der Waals surface area contributed by atoms with Gasteiger partial charge in [-0.15, -0.1) is 11.3 Å². The molecule has 0 aliphatic rings. The topological polar surface area (TPSA) is 36.4 Å². The molecule has 0 spiro atoms. The van der Waals surface area contributed by atoms with Crippen LogP contribution >= 0.6 is 11.3 Å². The highest BCUT2D eigenvalue weighted by molar-refractivity contribution is 7.11. The molecule has 0 fully saturated rings. The molecule has 1 aromatic rings. The van der Waals surface area contributed by atoms with Gasteiger partial charge in [0.2, 0.25) is 0 Å². The first-order chi connectivity index (χ1) is 8.69. The summed E-state index contributed by atoms with van der Waals surface area (Å²) in [6.45, 7) is 10.3. The third kappa shape index (κ3) is 5.08. The monoisotopic (exact) mass is 267 g/mol. The summed E-state index contributed by atoms with van der Waals surface area (Å²) in [7, 11) is 0. The van der Waals surface area contributed by atoms with Crippen molar-refractivity contribution in [1.82, 2.24) is 10.6 Å². The molecule has 0 aliphatic heterocycles. The molecule has 4 heteroatoms. The quantitative estimate of drug-likeness (QED) is 0.613. The van der Waals surface area contributed by atoms with Crippen molar-refractivity contribution >= 4 is 17.3 Å². The van der Waals surface area contributed by atoms with Crippen LogP contribution in [0.15, 0.2) is 17.1 Å². The van der Waals surface area contributed by atoms with Crippen molar-refractivity contribution in [2.45, 2.75) is 53.1 Å². The average Bonchev–Trinajstić information content (AvgIpc) is 2.84. The summed E-state index contributed by atoms with van der Waals surface area (Å²) in [5.74, 6) is 0.915. The molecule has 1 heterocycles. The summed E-state index contributed by atoms with van der Waals surface area (Å²) in [6, 6.07) is 4.84. The van der Waals surface area contributed by atoms with Crippen molar-refractivity contribution in [2.24, 2.45) is 4.99 Å². The van der Waals surface area contributed by atoms with E-state index in [1.54, 1.807) is 0 Å². The number of rotatable bonds is 6. The van der Waals surface area contributed by atoms with Crippen LogP contribution in [-0.2, 0) is 13.0 Å². The molecule has 0 saturated carbocycles. The molecule has 0 saturated heterocycles. The molecular weight excluding hydrogens is 242 g/mol. The molecule has 0 aromatic carbocycles. The number of aryl methyl sites for hydroxylation is 1. The zero-order chi connectivity index (χ0) is 13.4. The minimum Gasteiger partial charge on any atom is -0.357 e. The largest absolute Gasteiger partial charge is 0.357 e. The van der Waals surface area contributed by atoms with Crippen LogP contribution in [0.1, 0.15) is 43.9 Å². The van der Waals surface area contributed by atoms with Crippen molar-refractivity contribution < 1.29 is 0 Å². The zero-order valence-corrected chi connectivity index (χ0v) is 12.7. The van der Waals surface area contributed by atoms with E-state index in [4.69, 9.17) is 0 Å². The molecule has 1 unspecified atom stereocenters. The summed E-state index contributed by atoms with van der Waals surface area (Å²) in [6.07, 6.45) is 2.21. The maximum absolute atomic E-state index is 4.62. The van der Waals surface area contributed by atoms with Gasteiger partial charge in [-0.3, -0.25) is 0 Å². The number of aliphatic imine (C=N–C) groups is 1. The summed E-state index contributed by atoms with van der Waals surface area (Å²) in [4.78, 5) is 7.38. The molecule has 1 rings (SSSR count). The molecule has 0 radical (unpaired) electrons. The second kappa shape index (κ2) is 8.14. The summed E-state index contributed by atoms with van der Waals surface area (Å²) < 4.78 is 0. The van der Waals surface area contributed by atoms with E-state index in [2.05, 4.69) is 55.5 Å². The van der Waals surface area contributed by atoms with Crippen molar-refractivity contribution in [3.63, 3.8) is 0 Å². The molecule has 1 aromatic heterocycles. The maximum atomic E-state index is 4.62. The fraction of sp³-hybridized carbons (Fsp3) is 0.643. The van der Waals surface area contributed by atoms with Gasteiger partial charge in [0.15, 0.2) is 5.96 Å². The smallest absolute Gasteiger partial charge is 0.191 e. The first-order valence-corrected chi connectivity index (χ1v) is 7.63. The molecule has 1 atom stereocenters. The average molecular weight is 267 g/mol. The van der Waals surface area contributed by atoms with Crippen molar-refractivity contribution in [2.75, 3.05) is 6.54 Å². The number of nitrogens with one attached hydrogen (secondary N) is 2. The van der Waals surface area contributed by atoms with Crippen molar-refractivity contribution in [3.05, 3.63) is 21.9 Å². The first-order valence-electron chi connectivity index (χ1n) is 6.82. The van der Waals surface area contributed by atoms with Crippen LogP contribution in [0.5, 0.6) is 0 Å². The van der Waals surface area contributed by atoms with Crippen LogP contribution in [0.4, 0.5) is 0 Å². The van der Waals surface area contributed by atoms with Crippen LogP contribution in [0, 0.1) is 0 Å². The Morgan fingerprint density at radius 3 is 2.56 bits per heavy atom. The van der Waals surface area contributed by atoms with Gasteiger partial charge >= 0.3 is 0 Å². The van der Waals surface area contributed by atoms with Gasteiger partial charge in [-0.2, -0.15) is 0 Å². The summed E-state index contributed by atoms with van der Waals surface area (Å²) >= 11 is 1.85. The second-order valence-electron chi connectivity index (χ2n) is 4.37. The highest BCUT2D eigenvalue weighted by atomic mass is 32.1. The third-order valence-electron chi connectivity index (χ3n) is 2.80. The fourth-order valence-electron chi connectivity index (χ4n) is 1.51. The standard InChI is InChI=1S/C14H25N3S/c1-5-11(4)17-14(15-7-3)16-10-13-9-8-12(6-2)18-13/h8-9,11H,5-7,10H2,1-4H3,(H2,15,16,17). The number of nitrogens with zero attached hydrogens (tertiary/aromatic N) is 1. The summed E-state index contributed by atoms with van der Waals surface area (Å²) in [5.41, 5.74) is 0. The number of hydrogen-bond donors (Lipinski definition) is 2. The lowest BCUT2D eigenvalue weighted by molar-refractivity contribution is 0.624. The van der Waals surface area contributed by atoms with Gasteiger partial charge in [0.25, 0.3) is 0 Å². The molecule has 102 valence electrons. The highest BCUT2D eigenvalue weighted by Gasteiger charge is 2.03. The number of thiophene rings is 1. The lowest BCUT2D eigenvalue weighted by Gasteiger charge is -2.15. The van der Waals surface area contributed by atoms with Crippen LogP contribution < -0.4 is 10.6 Å². The van der Waals surface area contributed by atoms with Crippen LogP contribution in [0.3, 0.4) is 0 Å². The SMILES string of the molecule is CCNC(=NCc1ccc(CC)s1)NC(C)CC. The Labute approximate surface area is 115 Å². The molecule has 0 amide bonds. The maximum Gasteiger partial charge on any atom is 0.191 e. The van der Waals surface area contributed by atoms with Gasteiger partial charge in [0.05, 0.1) is 6.54 Å². The molecule has 3 nitrogen and oxygen atoms in total. The lowest BCUT2D eigenvalue weighted by atomic mass is 10.3. The molecular formula is C14H25N3S. The Kier molecular flexibility index (Phi) is 6.80. The van der Waals surface area contributed by atoms with E-state index < -0.39 is 0 Å².